The van der Waals surface area contributed by atoms with E-state index in [9.17, 15) is 45.6 Å². The van der Waals surface area contributed by atoms with Crippen LogP contribution in [0.15, 0.2) is 12.2 Å². The van der Waals surface area contributed by atoms with E-state index in [4.69, 9.17) is 18.9 Å². The van der Waals surface area contributed by atoms with Crippen molar-refractivity contribution in [1.29, 1.82) is 0 Å². The van der Waals surface area contributed by atoms with Crippen molar-refractivity contribution in [2.75, 3.05) is 19.8 Å². The molecule has 450 valence electrons. The Balaban J connectivity index is 1.72. The lowest BCUT2D eigenvalue weighted by Gasteiger charge is -2.46. The van der Waals surface area contributed by atoms with E-state index in [0.29, 0.717) is 12.8 Å². The van der Waals surface area contributed by atoms with E-state index in [2.05, 4.69) is 31.3 Å². The fraction of sp³-hybridized carbons (Fsp3) is 0.952. The van der Waals surface area contributed by atoms with Crippen LogP contribution >= 0.6 is 0 Å². The van der Waals surface area contributed by atoms with Gasteiger partial charge < -0.3 is 65.1 Å². The fourth-order valence-electron chi connectivity index (χ4n) is 10.8. The van der Waals surface area contributed by atoms with Crippen LogP contribution in [-0.2, 0) is 23.7 Å². The molecule has 0 saturated carbocycles. The maximum atomic E-state index is 13.3. The summed E-state index contributed by atoms with van der Waals surface area (Å²) in [6.45, 7) is 2.89. The maximum absolute atomic E-state index is 13.3. The summed E-state index contributed by atoms with van der Waals surface area (Å²) in [5.41, 5.74) is 0. The molecule has 2 aliphatic heterocycles. The van der Waals surface area contributed by atoms with Gasteiger partial charge in [0, 0.05) is 6.42 Å². The molecule has 0 spiro atoms. The lowest BCUT2D eigenvalue weighted by Crippen LogP contribution is -2.65. The maximum Gasteiger partial charge on any atom is 0.220 e. The van der Waals surface area contributed by atoms with Gasteiger partial charge in [-0.1, -0.05) is 251 Å². The molecule has 0 radical (unpaired) electrons. The van der Waals surface area contributed by atoms with Crippen LogP contribution in [-0.4, -0.2) is 140 Å². The van der Waals surface area contributed by atoms with Gasteiger partial charge in [0.05, 0.1) is 32.0 Å². The van der Waals surface area contributed by atoms with E-state index in [-0.39, 0.29) is 12.5 Å². The second-order valence-corrected chi connectivity index (χ2v) is 22.9. The Morgan fingerprint density at radius 1 is 0.461 bits per heavy atom. The number of ether oxygens (including phenoxy) is 4. The lowest BCUT2D eigenvalue weighted by atomic mass is 9.97. The van der Waals surface area contributed by atoms with Crippen LogP contribution in [0.3, 0.4) is 0 Å². The topological polar surface area (TPSA) is 228 Å². The highest BCUT2D eigenvalue weighted by atomic mass is 16.7. The molecule has 14 heteroatoms. The quantitative estimate of drug-likeness (QED) is 0.0204. The SMILES string of the molecule is CCCCCCCCC/C=C\CCCCCCCCCC(=O)NC(COC1OC(CO)C(OC2OC(CO)C(O)C(O)C2O)C(O)C1O)C(O)CCCCCCCCCCCCCCCCCCCCCCCCCC. The Morgan fingerprint density at radius 2 is 0.829 bits per heavy atom. The zero-order chi connectivity index (χ0) is 55.3. The van der Waals surface area contributed by atoms with Crippen LogP contribution < -0.4 is 5.32 Å². The third-order valence-electron chi connectivity index (χ3n) is 16.0. The Hall–Kier alpha value is -1.27. The van der Waals surface area contributed by atoms with Gasteiger partial charge in [-0.2, -0.15) is 0 Å². The molecule has 76 heavy (non-hydrogen) atoms. The molecule has 12 unspecified atom stereocenters. The number of hydrogen-bond donors (Lipinski definition) is 9. The van der Waals surface area contributed by atoms with E-state index >= 15 is 0 Å². The zero-order valence-corrected chi connectivity index (χ0v) is 48.5. The van der Waals surface area contributed by atoms with E-state index in [0.717, 1.165) is 57.8 Å². The Morgan fingerprint density at radius 3 is 1.25 bits per heavy atom. The minimum atomic E-state index is -1.78. The van der Waals surface area contributed by atoms with E-state index in [1.807, 2.05) is 0 Å². The minimum absolute atomic E-state index is 0.207. The van der Waals surface area contributed by atoms with Gasteiger partial charge in [-0.15, -0.1) is 0 Å². The van der Waals surface area contributed by atoms with Crippen molar-refractivity contribution in [2.24, 2.45) is 0 Å². The van der Waals surface area contributed by atoms with Crippen molar-refractivity contribution in [2.45, 2.75) is 357 Å². The number of allylic oxidation sites excluding steroid dienone is 2. The summed E-state index contributed by atoms with van der Waals surface area (Å²) in [5.74, 6) is -0.207. The highest BCUT2D eigenvalue weighted by Gasteiger charge is 2.51. The first-order valence-electron chi connectivity index (χ1n) is 31.9. The monoisotopic (exact) mass is 1090 g/mol. The lowest BCUT2D eigenvalue weighted by molar-refractivity contribution is -0.359. The van der Waals surface area contributed by atoms with Crippen molar-refractivity contribution >= 4 is 5.91 Å². The number of unbranched alkanes of at least 4 members (excludes halogenated alkanes) is 37. The van der Waals surface area contributed by atoms with Gasteiger partial charge in [-0.25, -0.2) is 0 Å². The highest BCUT2D eigenvalue weighted by Crippen LogP contribution is 2.30. The Kier molecular flexibility index (Phi) is 45.1. The van der Waals surface area contributed by atoms with Crippen LogP contribution in [0.1, 0.15) is 284 Å². The molecule has 2 rings (SSSR count). The van der Waals surface area contributed by atoms with Crippen molar-refractivity contribution < 1.29 is 64.6 Å². The standard InChI is InChI=1S/C62H119NO13/c1-3-5-7-9-11-13-15-17-19-21-23-24-25-26-27-28-29-31-33-35-37-39-41-43-45-51(66)50(63-54(67)46-44-42-40-38-36-34-32-30-22-20-18-16-14-12-10-8-6-4-2)49-73-61-59(72)57(70)60(53(48-65)75-61)76-62-58(71)56(69)55(68)52(47-64)74-62/h20,22,50-53,55-62,64-66,68-72H,3-19,21,23-49H2,1-2H3,(H,63,67)/b22-20-. The summed E-state index contributed by atoms with van der Waals surface area (Å²) in [6.07, 6.45) is 39.3. The molecule has 2 saturated heterocycles. The molecule has 2 heterocycles. The van der Waals surface area contributed by atoms with Crippen LogP contribution in [0.4, 0.5) is 0 Å². The molecule has 0 aromatic heterocycles. The molecular weight excluding hydrogens is 967 g/mol. The highest BCUT2D eigenvalue weighted by molar-refractivity contribution is 5.76. The van der Waals surface area contributed by atoms with Gasteiger partial charge in [-0.3, -0.25) is 4.79 Å². The van der Waals surface area contributed by atoms with Gasteiger partial charge in [0.2, 0.25) is 5.91 Å². The van der Waals surface area contributed by atoms with E-state index in [1.165, 1.54) is 199 Å². The van der Waals surface area contributed by atoms with Gasteiger partial charge in [-0.05, 0) is 38.5 Å². The predicted molar refractivity (Wildman–Crippen MR) is 305 cm³/mol. The molecule has 0 aromatic carbocycles. The first kappa shape index (κ1) is 70.8. The molecule has 0 aromatic rings. The molecule has 1 amide bonds. The molecule has 9 N–H and O–H groups in total. The second-order valence-electron chi connectivity index (χ2n) is 22.9. The third-order valence-corrected chi connectivity index (χ3v) is 16.0. The molecule has 12 atom stereocenters. The summed E-state index contributed by atoms with van der Waals surface area (Å²) in [7, 11) is 0. The molecular formula is C62H119NO13. The van der Waals surface area contributed by atoms with Crippen molar-refractivity contribution in [3.8, 4) is 0 Å². The summed E-state index contributed by atoms with van der Waals surface area (Å²) >= 11 is 0. The van der Waals surface area contributed by atoms with Crippen LogP contribution in [0.25, 0.3) is 0 Å². The first-order valence-corrected chi connectivity index (χ1v) is 31.9. The molecule has 2 fully saturated rings. The van der Waals surface area contributed by atoms with Crippen molar-refractivity contribution in [3.63, 3.8) is 0 Å². The minimum Gasteiger partial charge on any atom is -0.394 e. The van der Waals surface area contributed by atoms with Crippen molar-refractivity contribution in [1.82, 2.24) is 5.32 Å². The van der Waals surface area contributed by atoms with Crippen LogP contribution in [0, 0.1) is 0 Å². The number of aliphatic hydroxyl groups excluding tert-OH is 8. The molecule has 2 aliphatic rings. The molecule has 0 aliphatic carbocycles. The van der Waals surface area contributed by atoms with Gasteiger partial charge >= 0.3 is 0 Å². The van der Waals surface area contributed by atoms with Gasteiger partial charge in [0.1, 0.15) is 48.8 Å². The Labute approximate surface area is 463 Å². The Bertz CT molecular complexity index is 1330. The third kappa shape index (κ3) is 33.5. The number of amides is 1. The average molecular weight is 1090 g/mol. The first-order chi connectivity index (χ1) is 37.1. The largest absolute Gasteiger partial charge is 0.394 e. The summed E-state index contributed by atoms with van der Waals surface area (Å²) < 4.78 is 22.9. The fourth-order valence-corrected chi connectivity index (χ4v) is 10.8. The van der Waals surface area contributed by atoms with Gasteiger partial charge in [0.25, 0.3) is 0 Å². The zero-order valence-electron chi connectivity index (χ0n) is 48.5. The molecule has 14 nitrogen and oxygen atoms in total. The summed E-state index contributed by atoms with van der Waals surface area (Å²) in [5, 5.41) is 87.4. The predicted octanol–water partition coefficient (Wildman–Crippen LogP) is 11.5. The van der Waals surface area contributed by atoms with E-state index in [1.54, 1.807) is 0 Å². The summed E-state index contributed by atoms with van der Waals surface area (Å²) in [4.78, 5) is 13.3. The molecule has 0 bridgehead atoms. The normalized spacial score (nSPS) is 24.9. The second kappa shape index (κ2) is 48.4. The number of carbonyl (C=O) groups excluding carboxylic acids is 1. The smallest absolute Gasteiger partial charge is 0.220 e. The summed E-state index contributed by atoms with van der Waals surface area (Å²) in [6, 6.07) is -0.828. The number of hydrogen-bond acceptors (Lipinski definition) is 13. The van der Waals surface area contributed by atoms with Gasteiger partial charge in [0.15, 0.2) is 12.6 Å². The van der Waals surface area contributed by atoms with Crippen molar-refractivity contribution in [3.05, 3.63) is 12.2 Å². The number of nitrogens with one attached hydrogen (secondary N) is 1. The van der Waals surface area contributed by atoms with Crippen LogP contribution in [0.2, 0.25) is 0 Å². The number of aliphatic hydroxyl groups is 8. The number of carbonyl (C=O) groups is 1. The number of rotatable bonds is 52. The van der Waals surface area contributed by atoms with Crippen LogP contribution in [0.5, 0.6) is 0 Å². The average Bonchev–Trinajstić information content (AvgIpc) is 3.42. The van der Waals surface area contributed by atoms with E-state index < -0.39 is 86.8 Å².